The van der Waals surface area contributed by atoms with E-state index in [9.17, 15) is 29.2 Å². The molecule has 2 aromatic carbocycles. The molecule has 4 amide bonds. The molecule has 0 aliphatic carbocycles. The second kappa shape index (κ2) is 22.7. The maximum absolute atomic E-state index is 12.8. The van der Waals surface area contributed by atoms with E-state index in [4.69, 9.17) is 20.9 Å². The van der Waals surface area contributed by atoms with Crippen molar-refractivity contribution in [2.75, 3.05) is 36.2 Å². The maximum Gasteiger partial charge on any atom is 0.489 e. The quantitative estimate of drug-likeness (QED) is 0.0823. The molecule has 0 fully saturated rings. The van der Waals surface area contributed by atoms with Crippen molar-refractivity contribution in [1.29, 1.82) is 0 Å². The molecular formula is C48H60BBrN10O8. The lowest BCUT2D eigenvalue weighted by atomic mass is 9.75. The standard InChI is InChI=1S/C24H29N5O3.C14H21BrN4O3.C10H10BNO2/c1-14-9-10-18-17(8-7-11-26-18)21(14)16-12-19(25)27-20(13-16)28-22(30)15(2)29(6)23(31)32-24(3,4)5;1-8(19(5)13(21)22-14(2,3)4)12(20)18-11-7-9(15)6-10(16)17-11;1-7-4-5-9-8(3-2-6-12-9)10(7)11(13)14/h7-13,15H,1-6H3,(H3,25,27,28,30);6-8H,1-5H3,(H3,16,17,18,20);2-6,13-14H,1H3. The van der Waals surface area contributed by atoms with E-state index in [0.717, 1.165) is 44.1 Å². The van der Waals surface area contributed by atoms with Gasteiger partial charge in [0.05, 0.1) is 11.0 Å². The van der Waals surface area contributed by atoms with Crippen molar-refractivity contribution in [1.82, 2.24) is 29.7 Å². The number of pyridine rings is 4. The molecule has 0 aliphatic rings. The highest BCUT2D eigenvalue weighted by atomic mass is 79.9. The Balaban J connectivity index is 0.000000241. The predicted molar refractivity (Wildman–Crippen MR) is 271 cm³/mol. The van der Waals surface area contributed by atoms with Gasteiger partial charge in [-0.1, -0.05) is 45.8 Å². The Bertz CT molecular complexity index is 2760. The molecule has 0 saturated heterocycles. The van der Waals surface area contributed by atoms with Crippen LogP contribution < -0.4 is 27.6 Å². The smallest absolute Gasteiger partial charge is 0.444 e. The fraction of sp³-hybridized carbons (Fsp3) is 0.333. The highest BCUT2D eigenvalue weighted by Gasteiger charge is 2.29. The molecule has 68 heavy (non-hydrogen) atoms. The summed E-state index contributed by atoms with van der Waals surface area (Å²) in [6.07, 6.45) is 2.28. The minimum absolute atomic E-state index is 0.270. The second-order valence-corrected chi connectivity index (χ2v) is 18.8. The highest BCUT2D eigenvalue weighted by molar-refractivity contribution is 9.10. The van der Waals surface area contributed by atoms with Crippen molar-refractivity contribution in [3.05, 3.63) is 101 Å². The first kappa shape index (κ1) is 53.7. The van der Waals surface area contributed by atoms with Gasteiger partial charge in [-0.3, -0.25) is 29.4 Å². The molecule has 8 N–H and O–H groups in total. The lowest BCUT2D eigenvalue weighted by molar-refractivity contribution is -0.121. The Hall–Kier alpha value is -6.90. The number of fused-ring (bicyclic) bond motifs is 2. The number of nitrogens with two attached hydrogens (primary N) is 2. The van der Waals surface area contributed by atoms with Gasteiger partial charge in [0.25, 0.3) is 0 Å². The van der Waals surface area contributed by atoms with Gasteiger partial charge in [0.2, 0.25) is 11.8 Å². The van der Waals surface area contributed by atoms with E-state index < -0.39 is 54.4 Å². The van der Waals surface area contributed by atoms with Crippen molar-refractivity contribution in [2.45, 2.75) is 92.5 Å². The fourth-order valence-corrected chi connectivity index (χ4v) is 6.86. The van der Waals surface area contributed by atoms with E-state index >= 15 is 0 Å². The van der Waals surface area contributed by atoms with Crippen molar-refractivity contribution in [2.24, 2.45) is 0 Å². The predicted octanol–water partition coefficient (Wildman–Crippen LogP) is 7.22. The van der Waals surface area contributed by atoms with Gasteiger partial charge in [0.15, 0.2) is 0 Å². The van der Waals surface area contributed by atoms with Crippen LogP contribution in [0.5, 0.6) is 0 Å². The number of aromatic nitrogens is 4. The summed E-state index contributed by atoms with van der Waals surface area (Å²) in [7, 11) is 1.58. The number of hydrogen-bond donors (Lipinski definition) is 6. The molecule has 360 valence electrons. The van der Waals surface area contributed by atoms with E-state index in [-0.39, 0.29) is 11.6 Å². The fourth-order valence-electron chi connectivity index (χ4n) is 6.41. The summed E-state index contributed by atoms with van der Waals surface area (Å²) in [6.45, 7) is 17.7. The molecule has 0 radical (unpaired) electrons. The molecule has 20 heteroatoms. The Morgan fingerprint density at radius 1 is 0.676 bits per heavy atom. The van der Waals surface area contributed by atoms with E-state index in [2.05, 4.69) is 46.5 Å². The third-order valence-corrected chi connectivity index (χ3v) is 10.5. The van der Waals surface area contributed by atoms with Crippen molar-refractivity contribution in [3.63, 3.8) is 0 Å². The zero-order valence-electron chi connectivity index (χ0n) is 40.4. The molecule has 4 heterocycles. The summed E-state index contributed by atoms with van der Waals surface area (Å²) in [5.74, 6) is 0.359. The van der Waals surface area contributed by atoms with Crippen LogP contribution in [-0.2, 0) is 19.1 Å². The number of carbonyl (C=O) groups excluding carboxylic acids is 4. The van der Waals surface area contributed by atoms with Gasteiger partial charge >= 0.3 is 19.3 Å². The third-order valence-electron chi connectivity index (χ3n) is 10.0. The molecule has 4 aromatic heterocycles. The first-order valence-electron chi connectivity index (χ1n) is 21.4. The lowest BCUT2D eigenvalue weighted by Crippen LogP contribution is -2.45. The van der Waals surface area contributed by atoms with Crippen molar-refractivity contribution >= 4 is 97.6 Å². The number of carbonyl (C=O) groups is 4. The first-order chi connectivity index (χ1) is 31.6. The third kappa shape index (κ3) is 15.1. The van der Waals surface area contributed by atoms with Gasteiger partial charge in [-0.05, 0) is 140 Å². The molecule has 6 aromatic rings. The van der Waals surface area contributed by atoms with Crippen LogP contribution in [0.2, 0.25) is 0 Å². The number of ether oxygens (including phenoxy) is 2. The average Bonchev–Trinajstić information content (AvgIpc) is 3.23. The van der Waals surface area contributed by atoms with Crippen LogP contribution in [0.25, 0.3) is 32.9 Å². The summed E-state index contributed by atoms with van der Waals surface area (Å²) >= 11 is 3.27. The van der Waals surface area contributed by atoms with E-state index in [1.165, 1.54) is 23.9 Å². The van der Waals surface area contributed by atoms with Crippen LogP contribution in [-0.4, -0.2) is 108 Å². The number of nitrogens with zero attached hydrogens (tertiary/aromatic N) is 6. The summed E-state index contributed by atoms with van der Waals surface area (Å²) < 4.78 is 11.3. The summed E-state index contributed by atoms with van der Waals surface area (Å²) in [6, 6.07) is 20.4. The SMILES string of the molecule is CC(C(=O)Nc1cc(Br)cc(N)n1)N(C)C(=O)OC(C)(C)C.Cc1ccc2ncccc2c1-c1cc(N)nc(NC(=O)C(C)N(C)C(=O)OC(C)(C)C)c1.Cc1ccc2ncccc2c1B(O)O. The van der Waals surface area contributed by atoms with E-state index in [1.54, 1.807) is 98.1 Å². The van der Waals surface area contributed by atoms with E-state index in [1.807, 2.05) is 56.3 Å². The molecular weight excluding hydrogens is 935 g/mol. The second-order valence-electron chi connectivity index (χ2n) is 17.8. The molecule has 0 spiro atoms. The zero-order chi connectivity index (χ0) is 50.8. The summed E-state index contributed by atoms with van der Waals surface area (Å²) in [5.41, 5.74) is 16.3. The number of likely N-dealkylation sites (N-methyl/N-ethyl adjacent to an activating group) is 2. The molecule has 18 nitrogen and oxygen atoms in total. The Morgan fingerprint density at radius 2 is 1.12 bits per heavy atom. The average molecular weight is 996 g/mol. The van der Waals surface area contributed by atoms with Crippen molar-refractivity contribution < 1.29 is 38.7 Å². The summed E-state index contributed by atoms with van der Waals surface area (Å²) in [4.78, 5) is 68.5. The van der Waals surface area contributed by atoms with E-state index in [0.29, 0.717) is 21.6 Å². The maximum atomic E-state index is 12.8. The number of benzene rings is 2. The topological polar surface area (TPSA) is 261 Å². The minimum Gasteiger partial charge on any atom is -0.444 e. The van der Waals surface area contributed by atoms with Crippen LogP contribution in [0.1, 0.15) is 66.5 Å². The number of hydrogen-bond acceptors (Lipinski definition) is 14. The highest BCUT2D eigenvalue weighted by Crippen LogP contribution is 2.33. The zero-order valence-corrected chi connectivity index (χ0v) is 42.0. The van der Waals surface area contributed by atoms with Crippen LogP contribution in [0.4, 0.5) is 32.9 Å². The van der Waals surface area contributed by atoms with Gasteiger partial charge < -0.3 is 41.6 Å². The van der Waals surface area contributed by atoms with Crippen LogP contribution in [0, 0.1) is 13.8 Å². The largest absolute Gasteiger partial charge is 0.489 e. The molecule has 2 unspecified atom stereocenters. The number of halogens is 1. The first-order valence-corrected chi connectivity index (χ1v) is 22.2. The number of amides is 4. The van der Waals surface area contributed by atoms with Crippen LogP contribution in [0.15, 0.2) is 89.7 Å². The van der Waals surface area contributed by atoms with Crippen molar-refractivity contribution in [3.8, 4) is 11.1 Å². The molecule has 0 saturated carbocycles. The normalized spacial score (nSPS) is 12.0. The number of rotatable bonds is 8. The Labute approximate surface area is 405 Å². The van der Waals surface area contributed by atoms with Gasteiger partial charge in [-0.15, -0.1) is 0 Å². The lowest BCUT2D eigenvalue weighted by Gasteiger charge is -2.28. The van der Waals surface area contributed by atoms with Crippen LogP contribution in [0.3, 0.4) is 0 Å². The molecule has 2 atom stereocenters. The van der Waals surface area contributed by atoms with Gasteiger partial charge in [0.1, 0.15) is 46.6 Å². The number of nitrogen functional groups attached to an aromatic ring is 2. The molecule has 6 rings (SSSR count). The van der Waals surface area contributed by atoms with Gasteiger partial charge in [-0.2, -0.15) is 0 Å². The number of anilines is 4. The Kier molecular flexibility index (Phi) is 18.0. The van der Waals surface area contributed by atoms with Crippen LogP contribution >= 0.6 is 15.9 Å². The Morgan fingerprint density at radius 3 is 1.59 bits per heavy atom. The minimum atomic E-state index is -1.44. The number of aryl methyl sites for hydroxylation is 2. The van der Waals surface area contributed by atoms with Gasteiger partial charge in [0, 0.05) is 41.7 Å². The molecule has 0 bridgehead atoms. The summed E-state index contributed by atoms with van der Waals surface area (Å²) in [5, 5.41) is 25.6. The van der Waals surface area contributed by atoms with Gasteiger partial charge in [-0.25, -0.2) is 19.6 Å². The monoisotopic (exact) mass is 994 g/mol. The molecule has 0 aliphatic heterocycles. The number of nitrogens with one attached hydrogen (secondary N) is 2.